The van der Waals surface area contributed by atoms with E-state index in [4.69, 9.17) is 8.83 Å². The van der Waals surface area contributed by atoms with Gasteiger partial charge in [0.05, 0.1) is 18.2 Å². The van der Waals surface area contributed by atoms with Gasteiger partial charge in [0.2, 0.25) is 11.1 Å². The summed E-state index contributed by atoms with van der Waals surface area (Å²) < 4.78 is 11.0. The van der Waals surface area contributed by atoms with Crippen LogP contribution in [0.4, 0.5) is 5.13 Å². The first-order chi connectivity index (χ1) is 16.3. The van der Waals surface area contributed by atoms with Crippen LogP contribution >= 0.6 is 23.1 Å². The largest absolute Gasteiger partial charge is 0.463 e. The van der Waals surface area contributed by atoms with Crippen molar-refractivity contribution in [1.82, 2.24) is 20.2 Å². The first-order valence-electron chi connectivity index (χ1n) is 10.0. The summed E-state index contributed by atoms with van der Waals surface area (Å²) in [5, 5.41) is 14.3. The molecule has 0 bridgehead atoms. The Hall–Kier alpha value is -3.76. The molecule has 0 radical (unpaired) electrons. The number of nitrogens with zero attached hydrogens (tertiary/aromatic N) is 4. The van der Waals surface area contributed by atoms with Crippen molar-refractivity contribution in [1.29, 1.82) is 0 Å². The first-order valence-corrected chi connectivity index (χ1v) is 11.9. The zero-order valence-electron chi connectivity index (χ0n) is 17.2. The smallest absolute Gasteiger partial charge is 0.226 e. The van der Waals surface area contributed by atoms with Crippen LogP contribution in [0.3, 0.4) is 0 Å². The quantitative estimate of drug-likeness (QED) is 0.288. The third-order valence-corrected chi connectivity index (χ3v) is 6.15. The van der Waals surface area contributed by atoms with Gasteiger partial charge >= 0.3 is 0 Å². The predicted octanol–water partition coefficient (Wildman–Crippen LogP) is 5.64. The number of nitrogens with one attached hydrogen (secondary N) is 1. The van der Waals surface area contributed by atoms with Gasteiger partial charge in [-0.25, -0.2) is 9.97 Å². The second-order valence-corrected chi connectivity index (χ2v) is 8.72. The number of hydrogen-bond donors (Lipinski definition) is 1. The molecule has 4 heterocycles. The molecule has 5 rings (SSSR count). The van der Waals surface area contributed by atoms with Crippen LogP contribution in [0.2, 0.25) is 0 Å². The first kappa shape index (κ1) is 21.1. The van der Waals surface area contributed by atoms with Crippen molar-refractivity contribution >= 4 is 34.1 Å². The van der Waals surface area contributed by atoms with Crippen molar-refractivity contribution in [3.63, 3.8) is 0 Å². The number of anilines is 1. The minimum Gasteiger partial charge on any atom is -0.463 e. The highest BCUT2D eigenvalue weighted by atomic mass is 32.2. The maximum Gasteiger partial charge on any atom is 0.226 e. The molecule has 0 saturated heterocycles. The molecule has 164 valence electrons. The lowest BCUT2D eigenvalue weighted by Gasteiger charge is -2.05. The SMILES string of the molecule is O=C(CCSc1nnc(-c2ccco2)c(-c2ccco2)n1)Nc1nc(-c2ccccc2)cs1. The van der Waals surface area contributed by atoms with Crippen molar-refractivity contribution in [2.24, 2.45) is 0 Å². The summed E-state index contributed by atoms with van der Waals surface area (Å²) in [5.74, 6) is 1.48. The van der Waals surface area contributed by atoms with Gasteiger partial charge in [0.15, 0.2) is 22.3 Å². The van der Waals surface area contributed by atoms with Crippen LogP contribution in [-0.4, -0.2) is 31.8 Å². The average Bonchev–Trinajstić information content (AvgIpc) is 3.63. The molecule has 1 amide bonds. The molecule has 4 aromatic heterocycles. The third-order valence-electron chi connectivity index (χ3n) is 4.56. The Morgan fingerprint density at radius 2 is 1.67 bits per heavy atom. The van der Waals surface area contributed by atoms with Crippen LogP contribution in [0.15, 0.2) is 86.5 Å². The van der Waals surface area contributed by atoms with E-state index in [2.05, 4.69) is 25.5 Å². The number of hydrogen-bond acceptors (Lipinski definition) is 9. The minimum atomic E-state index is -0.122. The highest BCUT2D eigenvalue weighted by Gasteiger charge is 2.18. The number of aromatic nitrogens is 4. The van der Waals surface area contributed by atoms with Gasteiger partial charge in [0.25, 0.3) is 0 Å². The van der Waals surface area contributed by atoms with Gasteiger partial charge < -0.3 is 14.2 Å². The lowest BCUT2D eigenvalue weighted by atomic mass is 10.2. The van der Waals surface area contributed by atoms with Crippen LogP contribution in [0.5, 0.6) is 0 Å². The standard InChI is InChI=1S/C23H17N5O3S2/c29-19(25-22-24-16(14-33-22)15-6-2-1-3-7-15)10-13-32-23-26-20(17-8-4-11-30-17)21(27-28-23)18-9-5-12-31-18/h1-9,11-12,14H,10,13H2,(H,24,25,29). The summed E-state index contributed by atoms with van der Waals surface area (Å²) in [5.41, 5.74) is 2.88. The number of amides is 1. The second kappa shape index (κ2) is 9.80. The summed E-state index contributed by atoms with van der Waals surface area (Å²) in [7, 11) is 0. The fraction of sp³-hybridized carbons (Fsp3) is 0.0870. The monoisotopic (exact) mass is 475 g/mol. The van der Waals surface area contributed by atoms with E-state index in [1.807, 2.05) is 35.7 Å². The number of thiazole rings is 1. The molecular weight excluding hydrogens is 458 g/mol. The second-order valence-electron chi connectivity index (χ2n) is 6.80. The highest BCUT2D eigenvalue weighted by molar-refractivity contribution is 7.99. The molecule has 0 atom stereocenters. The fourth-order valence-electron chi connectivity index (χ4n) is 3.03. The van der Waals surface area contributed by atoms with Crippen molar-refractivity contribution in [3.05, 3.63) is 72.5 Å². The summed E-state index contributed by atoms with van der Waals surface area (Å²) in [6.45, 7) is 0. The number of thioether (sulfide) groups is 1. The van der Waals surface area contributed by atoms with Crippen LogP contribution in [0.1, 0.15) is 6.42 Å². The summed E-state index contributed by atoms with van der Waals surface area (Å²) in [6.07, 6.45) is 3.42. The summed E-state index contributed by atoms with van der Waals surface area (Å²) in [4.78, 5) is 21.4. The van der Waals surface area contributed by atoms with Crippen LogP contribution in [0, 0.1) is 0 Å². The van der Waals surface area contributed by atoms with E-state index in [-0.39, 0.29) is 12.3 Å². The Morgan fingerprint density at radius 3 is 2.39 bits per heavy atom. The molecule has 0 aliphatic rings. The molecule has 0 spiro atoms. The molecule has 5 aromatic rings. The topological polar surface area (TPSA) is 107 Å². The van der Waals surface area contributed by atoms with Crippen molar-refractivity contribution in [3.8, 4) is 34.2 Å². The number of benzene rings is 1. The van der Waals surface area contributed by atoms with Gasteiger partial charge in [-0.2, -0.15) is 0 Å². The molecule has 0 unspecified atom stereocenters. The zero-order chi connectivity index (χ0) is 22.5. The summed E-state index contributed by atoms with van der Waals surface area (Å²) in [6, 6.07) is 17.0. The lowest BCUT2D eigenvalue weighted by molar-refractivity contribution is -0.115. The Morgan fingerprint density at radius 1 is 0.909 bits per heavy atom. The maximum atomic E-state index is 12.4. The predicted molar refractivity (Wildman–Crippen MR) is 127 cm³/mol. The Kier molecular flexibility index (Phi) is 6.27. The lowest BCUT2D eigenvalue weighted by Crippen LogP contribution is -2.12. The number of furan rings is 2. The van der Waals surface area contributed by atoms with Crippen LogP contribution in [0.25, 0.3) is 34.2 Å². The van der Waals surface area contributed by atoms with Gasteiger partial charge in [-0.3, -0.25) is 4.79 Å². The van der Waals surface area contributed by atoms with Gasteiger partial charge in [0.1, 0.15) is 5.69 Å². The van der Waals surface area contributed by atoms with E-state index in [1.54, 1.807) is 36.8 Å². The van der Waals surface area contributed by atoms with Crippen LogP contribution < -0.4 is 5.32 Å². The molecule has 0 aliphatic carbocycles. The summed E-state index contributed by atoms with van der Waals surface area (Å²) >= 11 is 2.74. The van der Waals surface area contributed by atoms with E-state index in [0.717, 1.165) is 11.3 Å². The van der Waals surface area contributed by atoms with Gasteiger partial charge in [0, 0.05) is 23.1 Å². The zero-order valence-corrected chi connectivity index (χ0v) is 18.8. The molecule has 8 nitrogen and oxygen atoms in total. The number of carbonyl (C=O) groups excluding carboxylic acids is 1. The van der Waals surface area contributed by atoms with E-state index < -0.39 is 0 Å². The van der Waals surface area contributed by atoms with E-state index >= 15 is 0 Å². The van der Waals surface area contributed by atoms with Gasteiger partial charge in [-0.1, -0.05) is 42.1 Å². The molecular formula is C23H17N5O3S2. The van der Waals surface area contributed by atoms with Crippen molar-refractivity contribution < 1.29 is 13.6 Å². The molecule has 0 aliphatic heterocycles. The Bertz CT molecular complexity index is 1340. The molecule has 1 aromatic carbocycles. The van der Waals surface area contributed by atoms with E-state index in [9.17, 15) is 4.79 Å². The fourth-order valence-corrected chi connectivity index (χ4v) is 4.49. The number of rotatable bonds is 8. The minimum absolute atomic E-state index is 0.122. The Labute approximate surface area is 197 Å². The van der Waals surface area contributed by atoms with Crippen LogP contribution in [-0.2, 0) is 4.79 Å². The average molecular weight is 476 g/mol. The van der Waals surface area contributed by atoms with E-state index in [0.29, 0.717) is 38.9 Å². The molecule has 0 saturated carbocycles. The van der Waals surface area contributed by atoms with E-state index in [1.165, 1.54) is 23.1 Å². The normalized spacial score (nSPS) is 10.9. The van der Waals surface area contributed by atoms with Gasteiger partial charge in [-0.05, 0) is 24.3 Å². The molecule has 1 N–H and O–H groups in total. The van der Waals surface area contributed by atoms with Crippen molar-refractivity contribution in [2.45, 2.75) is 11.6 Å². The maximum absolute atomic E-state index is 12.4. The highest BCUT2D eigenvalue weighted by Crippen LogP contribution is 2.30. The van der Waals surface area contributed by atoms with Crippen molar-refractivity contribution in [2.75, 3.05) is 11.1 Å². The number of carbonyl (C=O) groups is 1. The molecule has 10 heteroatoms. The van der Waals surface area contributed by atoms with Gasteiger partial charge in [-0.15, -0.1) is 21.5 Å². The Balaban J connectivity index is 1.21. The molecule has 0 fully saturated rings. The molecule has 33 heavy (non-hydrogen) atoms. The third kappa shape index (κ3) is 5.02.